The fourth-order valence-electron chi connectivity index (χ4n) is 0.494. The second kappa shape index (κ2) is 5.54. The molecule has 0 aromatic rings. The predicted octanol–water partition coefficient (Wildman–Crippen LogP) is 1.53. The highest BCUT2D eigenvalue weighted by atomic mass is 35.5. The van der Waals surface area contributed by atoms with E-state index in [1.807, 2.05) is 13.8 Å². The second-order valence-electron chi connectivity index (χ2n) is 2.16. The van der Waals surface area contributed by atoms with Gasteiger partial charge in [0.1, 0.15) is 0 Å². The topological polar surface area (TPSA) is 29.1 Å². The van der Waals surface area contributed by atoms with Crippen LogP contribution in [0, 0.1) is 0 Å². The van der Waals surface area contributed by atoms with Crippen molar-refractivity contribution in [2.24, 2.45) is 0 Å². The van der Waals surface area contributed by atoms with Crippen molar-refractivity contribution in [3.63, 3.8) is 0 Å². The highest BCUT2D eigenvalue weighted by molar-refractivity contribution is 6.20. The number of nitrogens with one attached hydrogen (secondary N) is 1. The zero-order chi connectivity index (χ0) is 7.98. The number of halogens is 1. The molecule has 0 radical (unpaired) electrons. The van der Waals surface area contributed by atoms with Crippen LogP contribution in [0.4, 0.5) is 0 Å². The number of hydrogen-bond donors (Lipinski definition) is 1. The summed E-state index contributed by atoms with van der Waals surface area (Å²) in [7, 11) is 0. The molecule has 2 nitrogen and oxygen atoms in total. The highest BCUT2D eigenvalue weighted by Crippen LogP contribution is 1.97. The van der Waals surface area contributed by atoms with Crippen molar-refractivity contribution in [3.05, 3.63) is 0 Å². The Labute approximate surface area is 66.9 Å². The third kappa shape index (κ3) is 4.62. The van der Waals surface area contributed by atoms with Crippen LogP contribution in [0.15, 0.2) is 0 Å². The molecule has 0 aliphatic heterocycles. The van der Waals surface area contributed by atoms with Crippen molar-refractivity contribution in [2.75, 3.05) is 6.54 Å². The van der Waals surface area contributed by atoms with Crippen molar-refractivity contribution in [1.29, 1.82) is 0 Å². The van der Waals surface area contributed by atoms with Crippen LogP contribution >= 0.6 is 11.6 Å². The molecule has 3 heteroatoms. The standard InChI is InChI=1S/C7H14ClNO/c1-3-6(8)5-9-7(10)4-2/h6H,3-5H2,1-2H3,(H,9,10). The van der Waals surface area contributed by atoms with E-state index in [0.29, 0.717) is 13.0 Å². The van der Waals surface area contributed by atoms with Crippen molar-refractivity contribution < 1.29 is 4.79 Å². The molecule has 0 aromatic heterocycles. The Balaban J connectivity index is 3.26. The summed E-state index contributed by atoms with van der Waals surface area (Å²) in [6.45, 7) is 4.41. The molecule has 0 aliphatic carbocycles. The molecule has 0 rings (SSSR count). The van der Waals surface area contributed by atoms with E-state index in [1.165, 1.54) is 0 Å². The molecule has 0 saturated carbocycles. The number of alkyl halides is 1. The van der Waals surface area contributed by atoms with Crippen LogP contribution < -0.4 is 5.32 Å². The summed E-state index contributed by atoms with van der Waals surface area (Å²) in [4.78, 5) is 10.7. The van der Waals surface area contributed by atoms with Crippen LogP contribution in [-0.4, -0.2) is 17.8 Å². The van der Waals surface area contributed by atoms with Crippen molar-refractivity contribution in [1.82, 2.24) is 5.32 Å². The molecule has 1 amide bonds. The first-order valence-electron chi connectivity index (χ1n) is 3.61. The molecule has 10 heavy (non-hydrogen) atoms. The van der Waals surface area contributed by atoms with Gasteiger partial charge in [0, 0.05) is 13.0 Å². The van der Waals surface area contributed by atoms with E-state index in [1.54, 1.807) is 0 Å². The quantitative estimate of drug-likeness (QED) is 0.626. The van der Waals surface area contributed by atoms with Gasteiger partial charge in [0.25, 0.3) is 0 Å². The van der Waals surface area contributed by atoms with Crippen LogP contribution in [0.1, 0.15) is 26.7 Å². The van der Waals surface area contributed by atoms with E-state index in [0.717, 1.165) is 6.42 Å². The van der Waals surface area contributed by atoms with Crippen LogP contribution in [-0.2, 0) is 4.79 Å². The third-order valence-electron chi connectivity index (χ3n) is 1.28. The van der Waals surface area contributed by atoms with Gasteiger partial charge in [0.05, 0.1) is 5.38 Å². The maximum absolute atomic E-state index is 10.7. The maximum Gasteiger partial charge on any atom is 0.219 e. The van der Waals surface area contributed by atoms with Gasteiger partial charge in [0.15, 0.2) is 0 Å². The molecular formula is C7H14ClNO. The summed E-state index contributed by atoms with van der Waals surface area (Å²) in [5.74, 6) is 0.0686. The lowest BCUT2D eigenvalue weighted by Gasteiger charge is -2.06. The number of hydrogen-bond acceptors (Lipinski definition) is 1. The van der Waals surface area contributed by atoms with Crippen LogP contribution in [0.2, 0.25) is 0 Å². The van der Waals surface area contributed by atoms with Gasteiger partial charge < -0.3 is 5.32 Å². The Hall–Kier alpha value is -0.240. The molecule has 0 saturated heterocycles. The molecule has 1 atom stereocenters. The first-order valence-corrected chi connectivity index (χ1v) is 4.05. The molecule has 0 heterocycles. The van der Waals surface area contributed by atoms with Gasteiger partial charge in [-0.1, -0.05) is 13.8 Å². The molecule has 0 fully saturated rings. The summed E-state index contributed by atoms with van der Waals surface area (Å²) in [5, 5.41) is 2.79. The lowest BCUT2D eigenvalue weighted by atomic mass is 10.3. The third-order valence-corrected chi connectivity index (χ3v) is 1.75. The minimum atomic E-state index is 0.0686. The molecule has 60 valence electrons. The number of carbonyl (C=O) groups excluding carboxylic acids is 1. The van der Waals surface area contributed by atoms with E-state index in [-0.39, 0.29) is 11.3 Å². The Kier molecular flexibility index (Phi) is 5.40. The van der Waals surface area contributed by atoms with Gasteiger partial charge in [0.2, 0.25) is 5.91 Å². The number of rotatable bonds is 4. The second-order valence-corrected chi connectivity index (χ2v) is 2.78. The van der Waals surface area contributed by atoms with Gasteiger partial charge in [-0.25, -0.2) is 0 Å². The van der Waals surface area contributed by atoms with Crippen molar-refractivity contribution in [2.45, 2.75) is 32.1 Å². The molecule has 0 aromatic carbocycles. The highest BCUT2D eigenvalue weighted by Gasteiger charge is 2.01. The zero-order valence-corrected chi connectivity index (χ0v) is 7.24. The summed E-state index contributed by atoms with van der Waals surface area (Å²) in [6.07, 6.45) is 1.43. The van der Waals surface area contributed by atoms with Gasteiger partial charge >= 0.3 is 0 Å². The van der Waals surface area contributed by atoms with Gasteiger partial charge in [-0.05, 0) is 6.42 Å². The maximum atomic E-state index is 10.7. The summed E-state index contributed by atoms with van der Waals surface area (Å²) < 4.78 is 0. The Morgan fingerprint density at radius 3 is 2.60 bits per heavy atom. The minimum absolute atomic E-state index is 0.0686. The fraction of sp³-hybridized carbons (Fsp3) is 0.857. The SMILES string of the molecule is CCC(=O)NCC(Cl)CC. The Morgan fingerprint density at radius 1 is 1.60 bits per heavy atom. The smallest absolute Gasteiger partial charge is 0.219 e. The molecule has 0 spiro atoms. The normalized spacial score (nSPS) is 12.7. The molecule has 1 unspecified atom stereocenters. The Bertz CT molecular complexity index is 106. The lowest BCUT2D eigenvalue weighted by Crippen LogP contribution is -2.28. The van der Waals surface area contributed by atoms with Gasteiger partial charge in [-0.15, -0.1) is 11.6 Å². The molecular weight excluding hydrogens is 150 g/mol. The molecule has 1 N–H and O–H groups in total. The molecule has 0 bridgehead atoms. The van der Waals surface area contributed by atoms with E-state index < -0.39 is 0 Å². The largest absolute Gasteiger partial charge is 0.355 e. The minimum Gasteiger partial charge on any atom is -0.355 e. The first-order chi connectivity index (χ1) is 4.70. The van der Waals surface area contributed by atoms with Crippen LogP contribution in [0.25, 0.3) is 0 Å². The number of amides is 1. The van der Waals surface area contributed by atoms with E-state index in [9.17, 15) is 4.79 Å². The molecule has 0 aliphatic rings. The van der Waals surface area contributed by atoms with Gasteiger partial charge in [-0.2, -0.15) is 0 Å². The average molecular weight is 164 g/mol. The monoisotopic (exact) mass is 163 g/mol. The summed E-state index contributed by atoms with van der Waals surface area (Å²) in [6, 6.07) is 0. The zero-order valence-electron chi connectivity index (χ0n) is 6.48. The van der Waals surface area contributed by atoms with E-state index in [2.05, 4.69) is 5.32 Å². The average Bonchev–Trinajstić information content (AvgIpc) is 1.99. The summed E-state index contributed by atoms with van der Waals surface area (Å²) >= 11 is 5.75. The Morgan fingerprint density at radius 2 is 2.20 bits per heavy atom. The van der Waals surface area contributed by atoms with Crippen LogP contribution in [0.3, 0.4) is 0 Å². The van der Waals surface area contributed by atoms with Gasteiger partial charge in [-0.3, -0.25) is 4.79 Å². The van der Waals surface area contributed by atoms with Crippen LogP contribution in [0.5, 0.6) is 0 Å². The van der Waals surface area contributed by atoms with E-state index >= 15 is 0 Å². The van der Waals surface area contributed by atoms with Crippen molar-refractivity contribution >= 4 is 17.5 Å². The van der Waals surface area contributed by atoms with E-state index in [4.69, 9.17) is 11.6 Å². The lowest BCUT2D eigenvalue weighted by molar-refractivity contribution is -0.120. The van der Waals surface area contributed by atoms with Crippen molar-refractivity contribution in [3.8, 4) is 0 Å². The number of carbonyl (C=O) groups is 1. The fourth-order valence-corrected chi connectivity index (χ4v) is 0.571. The summed E-state index contributed by atoms with van der Waals surface area (Å²) in [5.41, 5.74) is 0. The first kappa shape index (κ1) is 9.76. The predicted molar refractivity (Wildman–Crippen MR) is 43.2 cm³/mol.